The van der Waals surface area contributed by atoms with E-state index in [1.165, 1.54) is 15.5 Å². The maximum atomic E-state index is 5.84. The molecule has 0 unspecified atom stereocenters. The fourth-order valence-corrected chi connectivity index (χ4v) is 3.92. The van der Waals surface area contributed by atoms with Gasteiger partial charge in [0.15, 0.2) is 0 Å². The van der Waals surface area contributed by atoms with E-state index in [-0.39, 0.29) is 0 Å². The molecule has 25 heavy (non-hydrogen) atoms. The van der Waals surface area contributed by atoms with Crippen LogP contribution in [-0.2, 0) is 13.0 Å². The highest BCUT2D eigenvalue weighted by molar-refractivity contribution is 7.99. The van der Waals surface area contributed by atoms with Crippen molar-refractivity contribution in [3.05, 3.63) is 71.9 Å². The largest absolute Gasteiger partial charge is 0.330 e. The van der Waals surface area contributed by atoms with Crippen LogP contribution in [0.2, 0.25) is 0 Å². The summed E-state index contributed by atoms with van der Waals surface area (Å²) in [6, 6.07) is 14.6. The molecule has 5 heteroatoms. The Labute approximate surface area is 153 Å². The van der Waals surface area contributed by atoms with Crippen LogP contribution >= 0.6 is 11.8 Å². The van der Waals surface area contributed by atoms with Gasteiger partial charge < -0.3 is 10.3 Å². The van der Waals surface area contributed by atoms with Crippen LogP contribution in [0.3, 0.4) is 0 Å². The third kappa shape index (κ3) is 4.30. The third-order valence-corrected chi connectivity index (χ3v) is 5.12. The molecule has 0 aliphatic carbocycles. The molecule has 4 nitrogen and oxygen atoms in total. The van der Waals surface area contributed by atoms with Crippen LogP contribution in [0.25, 0.3) is 0 Å². The van der Waals surface area contributed by atoms with Crippen molar-refractivity contribution < 1.29 is 0 Å². The first kappa shape index (κ1) is 17.7. The lowest BCUT2D eigenvalue weighted by molar-refractivity contribution is 0.664. The van der Waals surface area contributed by atoms with Gasteiger partial charge in [0.05, 0.1) is 5.69 Å². The number of nitrogens with zero attached hydrogens (tertiary/aromatic N) is 3. The summed E-state index contributed by atoms with van der Waals surface area (Å²) >= 11 is 1.78. The van der Waals surface area contributed by atoms with E-state index in [1.54, 1.807) is 11.8 Å². The molecule has 0 aliphatic heterocycles. The normalized spacial score (nSPS) is 11.2. The molecule has 2 aromatic heterocycles. The molecule has 0 radical (unpaired) electrons. The summed E-state index contributed by atoms with van der Waals surface area (Å²) < 4.78 is 2.31. The zero-order chi connectivity index (χ0) is 17.6. The Morgan fingerprint density at radius 2 is 1.80 bits per heavy atom. The SMILES string of the molecule is CC(C)c1nc(CCN)n(Cc2ccncc2)c1Sc1ccccc1. The second-order valence-electron chi connectivity index (χ2n) is 6.27. The van der Waals surface area contributed by atoms with E-state index in [1.807, 2.05) is 18.5 Å². The minimum absolute atomic E-state index is 0.362. The lowest BCUT2D eigenvalue weighted by atomic mass is 10.1. The average molecular weight is 353 g/mol. The lowest BCUT2D eigenvalue weighted by Crippen LogP contribution is -2.11. The number of pyridine rings is 1. The van der Waals surface area contributed by atoms with E-state index in [2.05, 4.69) is 59.8 Å². The highest BCUT2D eigenvalue weighted by Gasteiger charge is 2.20. The van der Waals surface area contributed by atoms with Crippen LogP contribution in [-0.4, -0.2) is 21.1 Å². The van der Waals surface area contributed by atoms with Crippen molar-refractivity contribution in [3.8, 4) is 0 Å². The zero-order valence-corrected chi connectivity index (χ0v) is 15.5. The van der Waals surface area contributed by atoms with Crippen molar-refractivity contribution >= 4 is 11.8 Å². The van der Waals surface area contributed by atoms with Crippen molar-refractivity contribution in [3.63, 3.8) is 0 Å². The van der Waals surface area contributed by atoms with Gasteiger partial charge in [-0.1, -0.05) is 43.8 Å². The molecule has 0 saturated heterocycles. The van der Waals surface area contributed by atoms with Gasteiger partial charge in [-0.3, -0.25) is 4.98 Å². The molecule has 0 atom stereocenters. The van der Waals surface area contributed by atoms with Gasteiger partial charge in [-0.25, -0.2) is 4.98 Å². The zero-order valence-electron chi connectivity index (χ0n) is 14.7. The first-order valence-electron chi connectivity index (χ1n) is 8.60. The third-order valence-electron chi connectivity index (χ3n) is 3.99. The van der Waals surface area contributed by atoms with E-state index in [0.717, 1.165) is 24.5 Å². The summed E-state index contributed by atoms with van der Waals surface area (Å²) in [4.78, 5) is 10.3. The van der Waals surface area contributed by atoms with Gasteiger partial charge in [-0.15, -0.1) is 0 Å². The summed E-state index contributed by atoms with van der Waals surface area (Å²) in [5, 5.41) is 1.21. The molecular weight excluding hydrogens is 328 g/mol. The van der Waals surface area contributed by atoms with Gasteiger partial charge >= 0.3 is 0 Å². The van der Waals surface area contributed by atoms with Crippen LogP contribution in [0.5, 0.6) is 0 Å². The molecule has 0 saturated carbocycles. The second kappa shape index (κ2) is 8.32. The highest BCUT2D eigenvalue weighted by Crippen LogP contribution is 2.35. The maximum absolute atomic E-state index is 5.84. The monoisotopic (exact) mass is 352 g/mol. The Hall–Kier alpha value is -2.11. The van der Waals surface area contributed by atoms with Crippen LogP contribution in [0, 0.1) is 0 Å². The molecule has 1 aromatic carbocycles. The van der Waals surface area contributed by atoms with Gasteiger partial charge in [-0.2, -0.15) is 0 Å². The van der Waals surface area contributed by atoms with Crippen molar-refractivity contribution in [2.75, 3.05) is 6.54 Å². The summed E-state index contributed by atoms with van der Waals surface area (Å²) in [5.41, 5.74) is 8.20. The summed E-state index contributed by atoms with van der Waals surface area (Å²) in [5.74, 6) is 1.42. The van der Waals surface area contributed by atoms with Crippen molar-refractivity contribution in [2.24, 2.45) is 5.73 Å². The minimum atomic E-state index is 0.362. The molecule has 2 N–H and O–H groups in total. The molecule has 3 aromatic rings. The maximum Gasteiger partial charge on any atom is 0.111 e. The van der Waals surface area contributed by atoms with Gasteiger partial charge in [-0.05, 0) is 42.3 Å². The van der Waals surface area contributed by atoms with Crippen LogP contribution in [0.15, 0.2) is 64.8 Å². The standard InChI is InChI=1S/C20H24N4S/c1-15(2)19-20(25-17-6-4-3-5-7-17)24(18(23-19)8-11-21)14-16-9-12-22-13-10-16/h3-7,9-10,12-13,15H,8,11,14,21H2,1-2H3. The fourth-order valence-electron chi connectivity index (χ4n) is 2.74. The second-order valence-corrected chi connectivity index (χ2v) is 7.33. The Balaban J connectivity index is 2.05. The topological polar surface area (TPSA) is 56.7 Å². The van der Waals surface area contributed by atoms with E-state index >= 15 is 0 Å². The predicted octanol–water partition coefficient (Wildman–Crippen LogP) is 4.10. The Kier molecular flexibility index (Phi) is 5.89. The molecule has 0 bridgehead atoms. The van der Waals surface area contributed by atoms with Gasteiger partial charge in [0.2, 0.25) is 0 Å². The smallest absolute Gasteiger partial charge is 0.111 e. The van der Waals surface area contributed by atoms with Crippen LogP contribution in [0.4, 0.5) is 0 Å². The quantitative estimate of drug-likeness (QED) is 0.695. The number of rotatable bonds is 7. The summed E-state index contributed by atoms with van der Waals surface area (Å²) in [6.45, 7) is 5.77. The Morgan fingerprint density at radius 3 is 2.44 bits per heavy atom. The lowest BCUT2D eigenvalue weighted by Gasteiger charge is -2.13. The van der Waals surface area contributed by atoms with Crippen LogP contribution < -0.4 is 5.73 Å². The molecular formula is C20H24N4S. The van der Waals surface area contributed by atoms with Gasteiger partial charge in [0, 0.05) is 30.3 Å². The van der Waals surface area contributed by atoms with E-state index in [0.29, 0.717) is 12.5 Å². The number of hydrogen-bond donors (Lipinski definition) is 1. The van der Waals surface area contributed by atoms with E-state index in [4.69, 9.17) is 10.7 Å². The Morgan fingerprint density at radius 1 is 1.08 bits per heavy atom. The molecule has 0 fully saturated rings. The van der Waals surface area contributed by atoms with Crippen molar-refractivity contribution in [1.29, 1.82) is 0 Å². The number of aromatic nitrogens is 3. The van der Waals surface area contributed by atoms with Crippen LogP contribution in [0.1, 0.15) is 36.8 Å². The number of benzene rings is 1. The molecule has 0 spiro atoms. The summed E-state index contributed by atoms with van der Waals surface area (Å²) in [7, 11) is 0. The molecule has 130 valence electrons. The van der Waals surface area contributed by atoms with Gasteiger partial charge in [0.25, 0.3) is 0 Å². The van der Waals surface area contributed by atoms with Gasteiger partial charge in [0.1, 0.15) is 10.9 Å². The summed E-state index contributed by atoms with van der Waals surface area (Å²) in [6.07, 6.45) is 4.45. The van der Waals surface area contributed by atoms with E-state index in [9.17, 15) is 0 Å². The van der Waals surface area contributed by atoms with Crippen molar-refractivity contribution in [1.82, 2.24) is 14.5 Å². The molecule has 2 heterocycles. The number of imidazole rings is 1. The molecule has 3 rings (SSSR count). The van der Waals surface area contributed by atoms with E-state index < -0.39 is 0 Å². The number of hydrogen-bond acceptors (Lipinski definition) is 4. The first-order chi connectivity index (χ1) is 12.2. The first-order valence-corrected chi connectivity index (χ1v) is 9.42. The average Bonchev–Trinajstić information content (AvgIpc) is 2.95. The Bertz CT molecular complexity index is 797. The van der Waals surface area contributed by atoms with Crippen molar-refractivity contribution in [2.45, 2.75) is 42.7 Å². The minimum Gasteiger partial charge on any atom is -0.330 e. The molecule has 0 amide bonds. The predicted molar refractivity (Wildman–Crippen MR) is 103 cm³/mol. The number of nitrogens with two attached hydrogens (primary N) is 1. The molecule has 0 aliphatic rings. The highest BCUT2D eigenvalue weighted by atomic mass is 32.2. The fraction of sp³-hybridized carbons (Fsp3) is 0.300.